The summed E-state index contributed by atoms with van der Waals surface area (Å²) >= 11 is 0. The smallest absolute Gasteiger partial charge is 0.183 e. The van der Waals surface area contributed by atoms with Gasteiger partial charge in [0, 0.05) is 39.2 Å². The molecular formula is C29H41N2O2+. The zero-order chi connectivity index (χ0) is 23.3. The van der Waals surface area contributed by atoms with Crippen LogP contribution in [0.15, 0.2) is 55.1 Å². The summed E-state index contributed by atoms with van der Waals surface area (Å²) in [5.74, 6) is 0. The number of nitrogens with one attached hydrogen (secondary N) is 1. The fourth-order valence-electron chi connectivity index (χ4n) is 4.69. The molecule has 1 aliphatic heterocycles. The first kappa shape index (κ1) is 25.4. The minimum absolute atomic E-state index is 0.751. The molecule has 2 aromatic carbocycles. The summed E-state index contributed by atoms with van der Waals surface area (Å²) in [6.45, 7) is 9.89. The number of nitrogens with zero attached hydrogens (tertiary/aromatic N) is 1. The van der Waals surface area contributed by atoms with Crippen LogP contribution in [0.4, 0.5) is 0 Å². The Labute approximate surface area is 200 Å². The van der Waals surface area contributed by atoms with E-state index < -0.39 is 0 Å². The number of hydrogen-bond donors (Lipinski definition) is 1. The number of unbranched alkanes of at least 4 members (excludes halogenated alkanes) is 1. The first-order valence-electron chi connectivity index (χ1n) is 12.4. The summed E-state index contributed by atoms with van der Waals surface area (Å²) in [6, 6.07) is 17.6. The highest BCUT2D eigenvalue weighted by atomic mass is 16.5. The molecule has 0 saturated heterocycles. The third kappa shape index (κ3) is 7.63. The predicted octanol–water partition coefficient (Wildman–Crippen LogP) is 4.74. The second-order valence-electron chi connectivity index (χ2n) is 8.79. The first-order chi connectivity index (χ1) is 16.2. The fourth-order valence-corrected chi connectivity index (χ4v) is 4.69. The van der Waals surface area contributed by atoms with Gasteiger partial charge in [-0.05, 0) is 60.6 Å². The second-order valence-corrected chi connectivity index (χ2v) is 8.79. The Kier molecular flexibility index (Phi) is 10.8. The normalized spacial score (nSPS) is 13.3. The Morgan fingerprint density at radius 2 is 1.73 bits per heavy atom. The summed E-state index contributed by atoms with van der Waals surface area (Å²) in [6.07, 6.45) is 6.62. The van der Waals surface area contributed by atoms with Crippen LogP contribution in [-0.4, -0.2) is 63.9 Å². The number of fused-ring (bicyclic) bond motifs is 1. The molecular weight excluding hydrogens is 408 g/mol. The lowest BCUT2D eigenvalue weighted by atomic mass is 9.92. The second kappa shape index (κ2) is 14.1. The van der Waals surface area contributed by atoms with Gasteiger partial charge in [0.1, 0.15) is 13.2 Å². The van der Waals surface area contributed by atoms with E-state index >= 15 is 0 Å². The molecule has 4 nitrogen and oxygen atoms in total. The van der Waals surface area contributed by atoms with Crippen LogP contribution in [0.5, 0.6) is 0 Å². The number of allylic oxidation sites excluding steroid dienone is 1. The van der Waals surface area contributed by atoms with Gasteiger partial charge in [-0.15, -0.1) is 0 Å². The van der Waals surface area contributed by atoms with Gasteiger partial charge in [-0.1, -0.05) is 49.0 Å². The molecule has 0 aliphatic carbocycles. The molecule has 0 bridgehead atoms. The maximum atomic E-state index is 5.37. The summed E-state index contributed by atoms with van der Waals surface area (Å²) in [5.41, 5.74) is 8.37. The van der Waals surface area contributed by atoms with Gasteiger partial charge >= 0.3 is 0 Å². The topological polar surface area (TPSA) is 33.5 Å². The van der Waals surface area contributed by atoms with Crippen LogP contribution < -0.4 is 5.32 Å². The van der Waals surface area contributed by atoms with Crippen molar-refractivity contribution in [3.05, 3.63) is 77.4 Å². The van der Waals surface area contributed by atoms with Gasteiger partial charge in [0.25, 0.3) is 0 Å². The van der Waals surface area contributed by atoms with Gasteiger partial charge in [0.2, 0.25) is 0 Å². The standard InChI is InChI=1S/C29H41N2O2/c1-24(27-13-7-5-11-25(27)16-18-30-19-22-32-2)10-4-9-15-29-28-14-8-6-12-26(28)17-20-31(29)21-23-33-3/h5-8,11-14,30H,1,4,9-10,15-23H2,2-3H3/q+1. The molecule has 0 saturated carbocycles. The summed E-state index contributed by atoms with van der Waals surface area (Å²) in [4.78, 5) is 0. The van der Waals surface area contributed by atoms with E-state index in [0.29, 0.717) is 0 Å². The predicted molar refractivity (Wildman–Crippen MR) is 139 cm³/mol. The largest absolute Gasteiger partial charge is 0.383 e. The van der Waals surface area contributed by atoms with E-state index in [9.17, 15) is 0 Å². The molecule has 1 N–H and O–H groups in total. The van der Waals surface area contributed by atoms with Crippen molar-refractivity contribution in [1.82, 2.24) is 5.32 Å². The van der Waals surface area contributed by atoms with Crippen LogP contribution in [-0.2, 0) is 22.3 Å². The summed E-state index contributed by atoms with van der Waals surface area (Å²) in [5, 5.41) is 3.45. The average molecular weight is 450 g/mol. The molecule has 0 radical (unpaired) electrons. The molecule has 178 valence electrons. The van der Waals surface area contributed by atoms with Gasteiger partial charge in [-0.25, -0.2) is 4.58 Å². The van der Waals surface area contributed by atoms with E-state index in [1.165, 1.54) is 40.0 Å². The van der Waals surface area contributed by atoms with Crippen molar-refractivity contribution in [2.24, 2.45) is 0 Å². The van der Waals surface area contributed by atoms with E-state index in [1.807, 2.05) is 0 Å². The molecule has 0 spiro atoms. The monoisotopic (exact) mass is 449 g/mol. The minimum atomic E-state index is 0.751. The number of ether oxygens (including phenoxy) is 2. The third-order valence-electron chi connectivity index (χ3n) is 6.52. The van der Waals surface area contributed by atoms with Crippen molar-refractivity contribution in [2.45, 2.75) is 38.5 Å². The van der Waals surface area contributed by atoms with Crippen molar-refractivity contribution in [3.8, 4) is 0 Å². The molecule has 3 rings (SSSR count). The van der Waals surface area contributed by atoms with Crippen LogP contribution in [0.3, 0.4) is 0 Å². The SMILES string of the molecule is C=C(CCCCC1=[N+](CCOC)CCc2ccccc21)c1ccccc1CCNCCOC. The lowest BCUT2D eigenvalue weighted by molar-refractivity contribution is -0.532. The number of methoxy groups -OCH3 is 2. The molecule has 0 fully saturated rings. The van der Waals surface area contributed by atoms with Crippen molar-refractivity contribution < 1.29 is 14.0 Å². The lowest BCUT2D eigenvalue weighted by Crippen LogP contribution is -2.32. The third-order valence-corrected chi connectivity index (χ3v) is 6.52. The molecule has 0 atom stereocenters. The average Bonchev–Trinajstić information content (AvgIpc) is 2.85. The van der Waals surface area contributed by atoms with Gasteiger partial charge < -0.3 is 14.8 Å². The molecule has 0 amide bonds. The van der Waals surface area contributed by atoms with Crippen LogP contribution in [0.1, 0.15) is 47.9 Å². The molecule has 2 aromatic rings. The van der Waals surface area contributed by atoms with E-state index in [2.05, 4.69) is 65.0 Å². The van der Waals surface area contributed by atoms with E-state index in [4.69, 9.17) is 9.47 Å². The van der Waals surface area contributed by atoms with Crippen LogP contribution in [0.25, 0.3) is 5.57 Å². The highest BCUT2D eigenvalue weighted by Gasteiger charge is 2.24. The van der Waals surface area contributed by atoms with E-state index in [1.54, 1.807) is 14.2 Å². The van der Waals surface area contributed by atoms with E-state index in [-0.39, 0.29) is 0 Å². The highest BCUT2D eigenvalue weighted by Crippen LogP contribution is 2.25. The number of benzene rings is 2. The zero-order valence-electron chi connectivity index (χ0n) is 20.6. The Hall–Kier alpha value is -2.27. The molecule has 1 aliphatic rings. The van der Waals surface area contributed by atoms with Gasteiger partial charge in [-0.2, -0.15) is 0 Å². The Balaban J connectivity index is 1.55. The van der Waals surface area contributed by atoms with Gasteiger partial charge in [-0.3, -0.25) is 0 Å². The Bertz CT molecular complexity index is 919. The maximum absolute atomic E-state index is 5.37. The fraction of sp³-hybridized carbons (Fsp3) is 0.483. The summed E-state index contributed by atoms with van der Waals surface area (Å²) in [7, 11) is 3.53. The number of rotatable bonds is 15. The zero-order valence-corrected chi connectivity index (χ0v) is 20.6. The van der Waals surface area contributed by atoms with Gasteiger partial charge in [0.05, 0.1) is 6.61 Å². The highest BCUT2D eigenvalue weighted by molar-refractivity contribution is 5.98. The van der Waals surface area contributed by atoms with E-state index in [0.717, 1.165) is 71.5 Å². The van der Waals surface area contributed by atoms with Crippen LogP contribution in [0.2, 0.25) is 0 Å². The quantitative estimate of drug-likeness (QED) is 0.315. The Morgan fingerprint density at radius 3 is 2.58 bits per heavy atom. The van der Waals surface area contributed by atoms with Gasteiger partial charge in [0.15, 0.2) is 12.3 Å². The van der Waals surface area contributed by atoms with Crippen molar-refractivity contribution in [1.29, 1.82) is 0 Å². The Morgan fingerprint density at radius 1 is 0.939 bits per heavy atom. The van der Waals surface area contributed by atoms with Crippen molar-refractivity contribution >= 4 is 11.3 Å². The molecule has 0 unspecified atom stereocenters. The number of hydrogen-bond acceptors (Lipinski definition) is 3. The molecule has 4 heteroatoms. The maximum Gasteiger partial charge on any atom is 0.183 e. The van der Waals surface area contributed by atoms with Crippen molar-refractivity contribution in [2.75, 3.05) is 53.6 Å². The molecule has 0 aromatic heterocycles. The lowest BCUT2D eigenvalue weighted by Gasteiger charge is -2.19. The van der Waals surface area contributed by atoms with Crippen LogP contribution in [0, 0.1) is 0 Å². The van der Waals surface area contributed by atoms with Crippen molar-refractivity contribution in [3.63, 3.8) is 0 Å². The molecule has 33 heavy (non-hydrogen) atoms. The van der Waals surface area contributed by atoms with Crippen LogP contribution >= 0.6 is 0 Å². The molecule has 1 heterocycles. The first-order valence-corrected chi connectivity index (χ1v) is 12.4. The minimum Gasteiger partial charge on any atom is -0.383 e. The summed E-state index contributed by atoms with van der Waals surface area (Å²) < 4.78 is 13.0.